The minimum absolute atomic E-state index is 0. The van der Waals surface area contributed by atoms with Gasteiger partial charge in [-0.25, -0.2) is 6.92 Å². The van der Waals surface area contributed by atoms with Crippen molar-refractivity contribution in [2.45, 2.75) is 6.42 Å². The summed E-state index contributed by atoms with van der Waals surface area (Å²) in [6.45, 7) is 6.96. The molecule has 0 aromatic carbocycles. The zero-order valence-corrected chi connectivity index (χ0v) is 10.7. The van der Waals surface area contributed by atoms with Crippen LogP contribution in [0.25, 0.3) is 0 Å². The monoisotopic (exact) mass is 266 g/mol. The molecule has 0 spiro atoms. The van der Waals surface area contributed by atoms with E-state index in [1.807, 2.05) is 0 Å². The fourth-order valence-corrected chi connectivity index (χ4v) is 0.930. The second kappa shape index (κ2) is 6.17. The summed E-state index contributed by atoms with van der Waals surface area (Å²) in [6, 6.07) is 0. The van der Waals surface area contributed by atoms with Gasteiger partial charge in [-0.3, -0.25) is 0 Å². The maximum atomic E-state index is 9.44. The minimum atomic E-state index is -0.229. The Balaban J connectivity index is 0.00000169. The van der Waals surface area contributed by atoms with E-state index in [2.05, 4.69) is 24.6 Å². The van der Waals surface area contributed by atoms with Crippen molar-refractivity contribution in [3.05, 3.63) is 42.2 Å². The molecule has 2 N–H and O–H groups in total. The Bertz CT molecular complexity index is 316. The summed E-state index contributed by atoms with van der Waals surface area (Å²) in [5.74, 6) is -0.113. The Labute approximate surface area is 109 Å². The summed E-state index contributed by atoms with van der Waals surface area (Å²) in [5, 5.41) is 18.1. The third-order valence-corrected chi connectivity index (χ3v) is 1.60. The number of rotatable bonds is 3. The van der Waals surface area contributed by atoms with Gasteiger partial charge in [0.2, 0.25) is 0 Å². The average Bonchev–Trinajstić information content (AvgIpc) is 2.51. The van der Waals surface area contributed by atoms with Gasteiger partial charge in [-0.15, -0.1) is 11.6 Å². The van der Waals surface area contributed by atoms with Gasteiger partial charge in [-0.1, -0.05) is 5.70 Å². The predicted molar refractivity (Wildman–Crippen MR) is 51.1 cm³/mol. The van der Waals surface area contributed by atoms with Crippen LogP contribution in [0.4, 0.5) is 0 Å². The Kier molecular flexibility index (Phi) is 6.01. The maximum Gasteiger partial charge on any atom is 0.0453 e. The predicted octanol–water partition coefficient (Wildman–Crippen LogP) is 1.34. The number of aliphatic hydroxyl groups excluding tert-OH is 2. The molecular weight excluding hydrogens is 255 g/mol. The van der Waals surface area contributed by atoms with Gasteiger partial charge in [0.15, 0.2) is 0 Å². The Morgan fingerprint density at radius 1 is 1.71 bits per heavy atom. The molecule has 0 unspecified atom stereocenters. The van der Waals surface area contributed by atoms with E-state index in [4.69, 9.17) is 5.11 Å². The van der Waals surface area contributed by atoms with Crippen molar-refractivity contribution in [2.24, 2.45) is 4.99 Å². The van der Waals surface area contributed by atoms with Crippen LogP contribution in [-0.2, 0) is 32.7 Å². The first kappa shape index (κ1) is 13.6. The van der Waals surface area contributed by atoms with Gasteiger partial charge in [0.25, 0.3) is 0 Å². The molecule has 4 heteroatoms. The van der Waals surface area contributed by atoms with Gasteiger partial charge < -0.3 is 15.2 Å². The van der Waals surface area contributed by atoms with Crippen LogP contribution in [0.5, 0.6) is 0 Å². The molecule has 0 aromatic rings. The minimum Gasteiger partial charge on any atom is -0.538 e. The van der Waals surface area contributed by atoms with Crippen molar-refractivity contribution in [1.82, 2.24) is 0 Å². The second-order valence-corrected chi connectivity index (χ2v) is 2.70. The Hall–Kier alpha value is -0.376. The first-order valence-electron chi connectivity index (χ1n) is 3.84. The van der Waals surface area contributed by atoms with Gasteiger partial charge in [-0.2, -0.15) is 12.2 Å². The third-order valence-electron chi connectivity index (χ3n) is 1.60. The van der Waals surface area contributed by atoms with E-state index in [0.29, 0.717) is 17.7 Å². The number of hydrogen-bond acceptors (Lipinski definition) is 3. The molecule has 0 amide bonds. The van der Waals surface area contributed by atoms with Gasteiger partial charge >= 0.3 is 0 Å². The van der Waals surface area contributed by atoms with E-state index in [1.54, 1.807) is 6.21 Å². The Morgan fingerprint density at radius 2 is 2.36 bits per heavy atom. The number of aliphatic hydroxyl groups is 2. The zero-order chi connectivity index (χ0) is 9.84. The first-order chi connectivity index (χ1) is 6.15. The Morgan fingerprint density at radius 3 is 2.79 bits per heavy atom. The van der Waals surface area contributed by atoms with Crippen LogP contribution >= 0.6 is 0 Å². The molecule has 1 aliphatic heterocycles. The molecule has 0 saturated carbocycles. The van der Waals surface area contributed by atoms with Crippen LogP contribution < -0.4 is 0 Å². The van der Waals surface area contributed by atoms with Gasteiger partial charge in [0.05, 0.1) is 0 Å². The normalized spacial score (nSPS) is 15.6. The summed E-state index contributed by atoms with van der Waals surface area (Å²) in [5.41, 5.74) is 1.49. The molecule has 0 bridgehead atoms. The van der Waals surface area contributed by atoms with Crippen molar-refractivity contribution in [1.29, 1.82) is 0 Å². The molecule has 14 heavy (non-hydrogen) atoms. The van der Waals surface area contributed by atoms with E-state index < -0.39 is 0 Å². The third kappa shape index (κ3) is 3.41. The molecular formula is C10H11NO2Y-2. The van der Waals surface area contributed by atoms with Crippen LogP contribution in [0.3, 0.4) is 0 Å². The van der Waals surface area contributed by atoms with Gasteiger partial charge in [0.1, 0.15) is 0 Å². The summed E-state index contributed by atoms with van der Waals surface area (Å²) >= 11 is 0. The molecule has 0 saturated heterocycles. The molecule has 0 aliphatic carbocycles. The molecule has 0 atom stereocenters. The van der Waals surface area contributed by atoms with E-state index >= 15 is 0 Å². The van der Waals surface area contributed by atoms with E-state index in [0.717, 1.165) is 5.57 Å². The van der Waals surface area contributed by atoms with E-state index in [1.165, 1.54) is 0 Å². The topological polar surface area (TPSA) is 52.8 Å². The maximum absolute atomic E-state index is 9.44. The molecule has 73 valence electrons. The quantitative estimate of drug-likeness (QED) is 0.460. The van der Waals surface area contributed by atoms with Crippen molar-refractivity contribution in [3.63, 3.8) is 0 Å². The van der Waals surface area contributed by atoms with Crippen molar-refractivity contribution in [3.8, 4) is 0 Å². The second-order valence-electron chi connectivity index (χ2n) is 2.70. The van der Waals surface area contributed by atoms with Crippen LogP contribution in [0.15, 0.2) is 34.2 Å². The molecule has 1 rings (SSSR count). The number of allylic oxidation sites excluding steroid dienone is 1. The molecule has 1 radical (unpaired) electrons. The first-order valence-corrected chi connectivity index (χ1v) is 3.84. The van der Waals surface area contributed by atoms with Crippen LogP contribution in [0.2, 0.25) is 0 Å². The fraction of sp³-hybridized carbons (Fsp3) is 0.200. The molecule has 0 aromatic heterocycles. The summed E-state index contributed by atoms with van der Waals surface area (Å²) in [4.78, 5) is 3.92. The van der Waals surface area contributed by atoms with Crippen molar-refractivity contribution >= 4 is 6.21 Å². The number of nitrogens with zero attached hydrogens (tertiary/aromatic N) is 1. The molecule has 1 aliphatic rings. The van der Waals surface area contributed by atoms with Gasteiger partial charge in [0, 0.05) is 45.1 Å². The van der Waals surface area contributed by atoms with Crippen LogP contribution in [0.1, 0.15) is 6.42 Å². The molecule has 0 fully saturated rings. The largest absolute Gasteiger partial charge is 0.538 e. The summed E-state index contributed by atoms with van der Waals surface area (Å²) in [7, 11) is 0. The summed E-state index contributed by atoms with van der Waals surface area (Å²) < 4.78 is 0. The smallest absolute Gasteiger partial charge is 0.0453 e. The standard InChI is InChI=1S/C10H11NO2.Y/c1-7(6-12)5-9(13)10-8(2)3-4-11-10;/h4,12-13H,1-3,6H2;/q-2;. The van der Waals surface area contributed by atoms with E-state index in [9.17, 15) is 5.11 Å². The van der Waals surface area contributed by atoms with Gasteiger partial charge in [-0.05, 0) is 12.6 Å². The number of hydrogen-bond donors (Lipinski definition) is 2. The number of aliphatic imine (C=N–C) groups is 1. The molecule has 1 heterocycles. The SMILES string of the molecule is C=C([C-]=C(O)C1=C([CH2-])CC=N1)CO.[Y]. The average molecular weight is 266 g/mol. The van der Waals surface area contributed by atoms with Crippen molar-refractivity contribution in [2.75, 3.05) is 6.61 Å². The molecule has 3 nitrogen and oxygen atoms in total. The zero-order valence-electron chi connectivity index (χ0n) is 7.82. The van der Waals surface area contributed by atoms with Crippen LogP contribution in [0, 0.1) is 13.0 Å². The van der Waals surface area contributed by atoms with E-state index in [-0.39, 0.29) is 45.1 Å². The van der Waals surface area contributed by atoms with Crippen molar-refractivity contribution < 1.29 is 42.9 Å². The fourth-order valence-electron chi connectivity index (χ4n) is 0.930. The van der Waals surface area contributed by atoms with Crippen LogP contribution in [-0.4, -0.2) is 23.0 Å². The summed E-state index contributed by atoms with van der Waals surface area (Å²) in [6.07, 6.45) is 4.83.